The van der Waals surface area contributed by atoms with Crippen LogP contribution in [-0.4, -0.2) is 19.9 Å². The molecule has 16 aromatic rings. The molecule has 12 nitrogen and oxygen atoms in total. The molecule has 0 saturated carbocycles. The Morgan fingerprint density at radius 2 is 0.796 bits per heavy atom. The molecule has 0 bridgehead atoms. The fourth-order valence-corrected chi connectivity index (χ4v) is 12.4. The third kappa shape index (κ3) is 11.3. The van der Waals surface area contributed by atoms with Gasteiger partial charge in [0.25, 0.3) is 0 Å². The van der Waals surface area contributed by atoms with Crippen molar-refractivity contribution in [1.29, 1.82) is 0 Å². The van der Waals surface area contributed by atoms with E-state index in [0.29, 0.717) is 45.1 Å². The summed E-state index contributed by atoms with van der Waals surface area (Å²) in [6, 6.07) is 47.4. The fraction of sp³-hybridized carbons (Fsp3) is 0.210. The van der Waals surface area contributed by atoms with E-state index in [2.05, 4.69) is 81.1 Å². The van der Waals surface area contributed by atoms with Crippen LogP contribution in [0.2, 0.25) is 0 Å². The van der Waals surface area contributed by atoms with Crippen molar-refractivity contribution in [3.8, 4) is 45.0 Å². The van der Waals surface area contributed by atoms with Gasteiger partial charge in [0, 0.05) is 130 Å². The van der Waals surface area contributed by atoms with Crippen LogP contribution in [0.5, 0.6) is 0 Å². The lowest BCUT2D eigenvalue weighted by Crippen LogP contribution is -2.31. The van der Waals surface area contributed by atoms with Crippen LogP contribution in [0.3, 0.4) is 0 Å². The summed E-state index contributed by atoms with van der Waals surface area (Å²) < 4.78 is 118. The molecular formula is C81H78N8O4+4. The van der Waals surface area contributed by atoms with Crippen LogP contribution >= 0.6 is 0 Å². The Balaban J connectivity index is 0.000000124. The van der Waals surface area contributed by atoms with Crippen LogP contribution in [0.15, 0.2) is 207 Å². The maximum absolute atomic E-state index is 8.45. The van der Waals surface area contributed by atoms with Gasteiger partial charge < -0.3 is 17.7 Å². The van der Waals surface area contributed by atoms with Crippen LogP contribution in [-0.2, 0) is 28.2 Å². The predicted octanol–water partition coefficient (Wildman–Crippen LogP) is 18.3. The summed E-state index contributed by atoms with van der Waals surface area (Å²) in [4.78, 5) is 17.5. The zero-order chi connectivity index (χ0) is 74.4. The predicted molar refractivity (Wildman–Crippen MR) is 374 cm³/mol. The Morgan fingerprint density at radius 3 is 1.28 bits per heavy atom. The number of nitrogens with zero attached hydrogens (tertiary/aromatic N) is 8. The van der Waals surface area contributed by atoms with Gasteiger partial charge in [-0.25, -0.2) is 38.2 Å². The largest absolute Gasteiger partial charge is 0.437 e. The van der Waals surface area contributed by atoms with Gasteiger partial charge in [0.1, 0.15) is 28.2 Å². The second-order valence-corrected chi connectivity index (χ2v) is 24.0. The first kappa shape index (κ1) is 49.0. The molecule has 12 heterocycles. The van der Waals surface area contributed by atoms with E-state index in [9.17, 15) is 0 Å². The Labute approximate surface area is 557 Å². The monoisotopic (exact) mass is 1240 g/mol. The summed E-state index contributed by atoms with van der Waals surface area (Å²) in [5.41, 5.74) is 20.5. The highest BCUT2D eigenvalue weighted by molar-refractivity contribution is 6.12. The molecule has 0 aliphatic rings. The average Bonchev–Trinajstić information content (AvgIpc) is 1.51. The number of hydrogen-bond acceptors (Lipinski definition) is 8. The van der Waals surface area contributed by atoms with Gasteiger partial charge in [0.2, 0.25) is 45.6 Å². The molecular weight excluding hydrogens is 1150 g/mol. The number of pyridine rings is 8. The number of aryl methyl sites for hydroxylation is 11. The first-order valence-electron chi connectivity index (χ1n) is 36.2. The van der Waals surface area contributed by atoms with Gasteiger partial charge in [-0.2, -0.15) is 0 Å². The molecule has 2 unspecified atom stereocenters. The van der Waals surface area contributed by atoms with Crippen LogP contribution in [0.4, 0.5) is 0 Å². The second kappa shape index (κ2) is 24.8. The fourth-order valence-electron chi connectivity index (χ4n) is 12.4. The summed E-state index contributed by atoms with van der Waals surface area (Å²) >= 11 is 0. The van der Waals surface area contributed by atoms with Gasteiger partial charge in [0.05, 0.1) is 22.3 Å². The highest BCUT2D eigenvalue weighted by Gasteiger charge is 2.26. The summed E-state index contributed by atoms with van der Waals surface area (Å²) in [6.07, 6.45) is 12.4. The standard InChI is InChI=1S/2C21H21N2O.C20H19N2O.C19H17N2O/c1-13(2)15-8-10-18(23(4)12-15)19-14(3)7-9-16-17-6-5-11-22-21(17)24-20(16)19;1-13(2)15-9-11-23(4)18(12-15)19-14(3)7-8-16-17-6-5-10-22-21(17)24-20(16)19;1-12-7-8-15-16-6-5-9-21-20(16)23-19(15)18(12)17-10-13(2)14(3)11-22(17)4;1-12-7-9-14-15-10-8-13(2)20-19(15)22-18(14)17(12)16-6-4-5-11-21(16)3/h2*5-13H,1-4H3;5-11H,1-4H3;4-11H,1-3H3/q4*+1/i2*1D3,13D;3D3;. The van der Waals surface area contributed by atoms with E-state index in [0.717, 1.165) is 133 Å². The lowest BCUT2D eigenvalue weighted by Gasteiger charge is -2.09. The molecule has 0 fully saturated rings. The zero-order valence-corrected chi connectivity index (χ0v) is 54.1. The summed E-state index contributed by atoms with van der Waals surface area (Å²) in [5.74, 6) is -3.40. The number of rotatable bonds is 6. The summed E-state index contributed by atoms with van der Waals surface area (Å²) in [7, 11) is 7.67. The van der Waals surface area contributed by atoms with Gasteiger partial charge >= 0.3 is 0 Å². The van der Waals surface area contributed by atoms with Gasteiger partial charge in [-0.15, -0.1) is 0 Å². The van der Waals surface area contributed by atoms with Crippen molar-refractivity contribution in [2.75, 3.05) is 0 Å². The van der Waals surface area contributed by atoms with Crippen LogP contribution in [0.1, 0.15) is 105 Å². The van der Waals surface area contributed by atoms with E-state index in [1.165, 1.54) is 19.4 Å². The van der Waals surface area contributed by atoms with Crippen LogP contribution < -0.4 is 18.3 Å². The Hall–Kier alpha value is -10.7. The summed E-state index contributed by atoms with van der Waals surface area (Å²) in [6.45, 7) is 7.84. The molecule has 0 radical (unpaired) electrons. The topological polar surface area (TPSA) is 120 Å². The molecule has 12 heteroatoms. The van der Waals surface area contributed by atoms with Crippen molar-refractivity contribution < 1.29 is 51.0 Å². The van der Waals surface area contributed by atoms with Crippen LogP contribution in [0, 0.1) is 48.4 Å². The van der Waals surface area contributed by atoms with E-state index in [-0.39, 0.29) is 0 Å². The molecule has 0 spiro atoms. The van der Waals surface area contributed by atoms with Gasteiger partial charge in [-0.05, 0) is 154 Å². The molecule has 0 amide bonds. The maximum Gasteiger partial charge on any atom is 0.227 e. The molecule has 0 saturated heterocycles. The van der Waals surface area contributed by atoms with E-state index >= 15 is 0 Å². The van der Waals surface area contributed by atoms with Crippen molar-refractivity contribution in [2.24, 2.45) is 28.2 Å². The van der Waals surface area contributed by atoms with Crippen molar-refractivity contribution in [2.45, 2.75) is 87.7 Å². The minimum atomic E-state index is -2.44. The van der Waals surface area contributed by atoms with Crippen molar-refractivity contribution in [3.05, 3.63) is 239 Å². The van der Waals surface area contributed by atoms with Gasteiger partial charge in [-0.3, -0.25) is 0 Å². The smallest absolute Gasteiger partial charge is 0.227 e. The quantitative estimate of drug-likeness (QED) is 0.151. The first-order chi connectivity index (χ1) is 49.1. The number of aromatic nitrogens is 8. The third-order valence-corrected chi connectivity index (χ3v) is 17.4. The van der Waals surface area contributed by atoms with Crippen molar-refractivity contribution in [3.63, 3.8) is 0 Å². The SMILES string of the molecule is Cc1ccc2c(n1)oc1c(-c3cccc[n+]3C)c(C)ccc12.[2H]C([2H])([2H])C([2H])(C)c1cc[n+](C)c(-c2c(C)ccc3c2oc2ncccc23)c1.[2H]C([2H])([2H])C([2H])(C)c1ccc(-c2c(C)ccc3c2oc2ncccc23)[n+](C)c1.[2H]C([2H])([2H])c1c[n+](C)c(-c2c(C)ccc3c2oc2ncccc23)cc1C. The zero-order valence-electron chi connectivity index (χ0n) is 65.1. The van der Waals surface area contributed by atoms with E-state index in [1.54, 1.807) is 55.4 Å². The van der Waals surface area contributed by atoms with E-state index in [4.69, 9.17) is 32.7 Å². The number of hydrogen-bond donors (Lipinski definition) is 0. The van der Waals surface area contributed by atoms with Crippen molar-refractivity contribution >= 4 is 88.3 Å². The Morgan fingerprint density at radius 1 is 0.366 bits per heavy atom. The lowest BCUT2D eigenvalue weighted by atomic mass is 9.97. The minimum absolute atomic E-state index is 0.361. The molecule has 2 atom stereocenters. The molecule has 12 aromatic heterocycles. The molecule has 0 aliphatic carbocycles. The van der Waals surface area contributed by atoms with Crippen molar-refractivity contribution in [1.82, 2.24) is 19.9 Å². The molecule has 0 aliphatic heterocycles. The lowest BCUT2D eigenvalue weighted by molar-refractivity contribution is -0.660. The molecule has 4 aromatic carbocycles. The van der Waals surface area contributed by atoms with Gasteiger partial charge in [-0.1, -0.05) is 76.1 Å². The second-order valence-electron chi connectivity index (χ2n) is 24.0. The Bertz CT molecular complexity index is 6060. The summed E-state index contributed by atoms with van der Waals surface area (Å²) in [5, 5.41) is 8.00. The highest BCUT2D eigenvalue weighted by atomic mass is 16.4. The number of furan rings is 4. The highest BCUT2D eigenvalue weighted by Crippen LogP contribution is 2.41. The number of fused-ring (bicyclic) bond motifs is 12. The van der Waals surface area contributed by atoms with Crippen LogP contribution in [0.25, 0.3) is 133 Å². The Kier molecular flexibility index (Phi) is 13.1. The third-order valence-electron chi connectivity index (χ3n) is 17.4. The normalized spacial score (nSPS) is 15.0. The average molecular weight is 1240 g/mol. The maximum atomic E-state index is 8.45. The van der Waals surface area contributed by atoms with Gasteiger partial charge in [0.15, 0.2) is 47.1 Å². The molecule has 93 heavy (non-hydrogen) atoms. The number of benzene rings is 4. The minimum Gasteiger partial charge on any atom is -0.437 e. The first-order valence-corrected chi connectivity index (χ1v) is 30.7. The molecule has 16 rings (SSSR count). The molecule has 0 N–H and O–H groups in total. The molecule has 462 valence electrons. The van der Waals surface area contributed by atoms with E-state index in [1.807, 2.05) is 160 Å². The van der Waals surface area contributed by atoms with E-state index < -0.39 is 32.3 Å².